The highest BCUT2D eigenvalue weighted by molar-refractivity contribution is 7.98. The Morgan fingerprint density at radius 3 is 3.21 bits per heavy atom. The Labute approximate surface area is 116 Å². The van der Waals surface area contributed by atoms with E-state index in [-0.39, 0.29) is 5.97 Å². The number of esters is 1. The zero-order chi connectivity index (χ0) is 13.4. The highest BCUT2D eigenvalue weighted by atomic mass is 32.2. The molecule has 19 heavy (non-hydrogen) atoms. The fraction of sp³-hybridized carbons (Fsp3) is 0.429. The monoisotopic (exact) mass is 276 g/mol. The molecule has 1 unspecified atom stereocenters. The van der Waals surface area contributed by atoms with Gasteiger partial charge in [0.05, 0.1) is 12.1 Å². The molecular weight excluding hydrogens is 260 g/mol. The average Bonchev–Trinajstić information content (AvgIpc) is 2.94. The van der Waals surface area contributed by atoms with E-state index in [2.05, 4.69) is 21.7 Å². The quantitative estimate of drug-likeness (QED) is 0.638. The summed E-state index contributed by atoms with van der Waals surface area (Å²) in [6, 6.07) is 4.27. The van der Waals surface area contributed by atoms with Gasteiger partial charge in [-0.1, -0.05) is 0 Å². The lowest BCUT2D eigenvalue weighted by Gasteiger charge is -2.08. The third-order valence-electron chi connectivity index (χ3n) is 3.63. The Bertz CT molecular complexity index is 636. The number of carbonyl (C=O) groups is 1. The number of fused-ring (bicyclic) bond motifs is 3. The van der Waals surface area contributed by atoms with Crippen molar-refractivity contribution in [2.75, 3.05) is 12.9 Å². The molecule has 2 aromatic rings. The van der Waals surface area contributed by atoms with Crippen LogP contribution in [0.4, 0.5) is 0 Å². The SMILES string of the molecule is CSc1nccc2c1cc1n2CCC1COC(C)=O. The largest absolute Gasteiger partial charge is 0.465 e. The second-order valence-corrected chi connectivity index (χ2v) is 5.56. The molecule has 0 aliphatic carbocycles. The minimum atomic E-state index is -0.207. The first-order valence-electron chi connectivity index (χ1n) is 6.36. The van der Waals surface area contributed by atoms with E-state index >= 15 is 0 Å². The van der Waals surface area contributed by atoms with E-state index in [1.807, 2.05) is 12.5 Å². The van der Waals surface area contributed by atoms with Gasteiger partial charge in [-0.15, -0.1) is 11.8 Å². The van der Waals surface area contributed by atoms with E-state index in [0.29, 0.717) is 12.5 Å². The van der Waals surface area contributed by atoms with Gasteiger partial charge < -0.3 is 9.30 Å². The van der Waals surface area contributed by atoms with Crippen LogP contribution in [0.5, 0.6) is 0 Å². The second-order valence-electron chi connectivity index (χ2n) is 4.76. The van der Waals surface area contributed by atoms with Crippen LogP contribution in [0.15, 0.2) is 23.4 Å². The van der Waals surface area contributed by atoms with Gasteiger partial charge in [-0.3, -0.25) is 4.79 Å². The molecule has 1 atom stereocenters. The number of rotatable bonds is 3. The molecule has 2 aromatic heterocycles. The molecule has 1 aliphatic heterocycles. The zero-order valence-corrected chi connectivity index (χ0v) is 11.9. The van der Waals surface area contributed by atoms with Gasteiger partial charge in [0.1, 0.15) is 5.03 Å². The first kappa shape index (κ1) is 12.5. The Morgan fingerprint density at radius 2 is 2.47 bits per heavy atom. The van der Waals surface area contributed by atoms with Gasteiger partial charge >= 0.3 is 5.97 Å². The summed E-state index contributed by atoms with van der Waals surface area (Å²) in [5.41, 5.74) is 2.50. The number of pyridine rings is 1. The van der Waals surface area contributed by atoms with E-state index in [1.54, 1.807) is 11.8 Å². The van der Waals surface area contributed by atoms with Crippen molar-refractivity contribution in [1.29, 1.82) is 0 Å². The van der Waals surface area contributed by atoms with Crippen LogP contribution in [-0.4, -0.2) is 28.4 Å². The van der Waals surface area contributed by atoms with Crippen molar-refractivity contribution >= 4 is 28.6 Å². The lowest BCUT2D eigenvalue weighted by Crippen LogP contribution is -2.08. The number of ether oxygens (including phenoxy) is 1. The molecule has 0 spiro atoms. The summed E-state index contributed by atoms with van der Waals surface area (Å²) in [6.45, 7) is 2.93. The minimum absolute atomic E-state index is 0.207. The van der Waals surface area contributed by atoms with Gasteiger partial charge in [-0.05, 0) is 24.8 Å². The fourth-order valence-corrected chi connectivity index (χ4v) is 3.30. The van der Waals surface area contributed by atoms with E-state index in [1.165, 1.54) is 23.5 Å². The fourth-order valence-electron chi connectivity index (χ4n) is 2.75. The van der Waals surface area contributed by atoms with Crippen LogP contribution in [0.2, 0.25) is 0 Å². The van der Waals surface area contributed by atoms with Crippen molar-refractivity contribution < 1.29 is 9.53 Å². The van der Waals surface area contributed by atoms with Crippen LogP contribution in [0, 0.1) is 0 Å². The highest BCUT2D eigenvalue weighted by Gasteiger charge is 2.26. The second kappa shape index (κ2) is 4.89. The number of nitrogens with zero attached hydrogens (tertiary/aromatic N) is 2. The molecule has 1 aliphatic rings. The topological polar surface area (TPSA) is 44.1 Å². The van der Waals surface area contributed by atoms with Gasteiger partial charge in [0.25, 0.3) is 0 Å². The Balaban J connectivity index is 1.99. The van der Waals surface area contributed by atoms with Gasteiger partial charge in [-0.2, -0.15) is 0 Å². The van der Waals surface area contributed by atoms with Crippen molar-refractivity contribution in [3.63, 3.8) is 0 Å². The van der Waals surface area contributed by atoms with Gasteiger partial charge in [0.15, 0.2) is 0 Å². The van der Waals surface area contributed by atoms with Crippen molar-refractivity contribution in [3.05, 3.63) is 24.0 Å². The molecule has 0 saturated heterocycles. The standard InChI is InChI=1S/C14H16N2O2S/c1-9(17)18-8-10-4-6-16-12-3-5-15-14(19-2)11(12)7-13(10)16/h3,5,7,10H,4,6,8H2,1-2H3. The van der Waals surface area contributed by atoms with Crippen molar-refractivity contribution in [1.82, 2.24) is 9.55 Å². The molecule has 0 radical (unpaired) electrons. The van der Waals surface area contributed by atoms with Crippen LogP contribution in [0.25, 0.3) is 10.9 Å². The van der Waals surface area contributed by atoms with E-state index < -0.39 is 0 Å². The van der Waals surface area contributed by atoms with Crippen LogP contribution in [0.1, 0.15) is 25.0 Å². The summed E-state index contributed by atoms with van der Waals surface area (Å²) in [4.78, 5) is 15.3. The molecule has 0 amide bonds. The zero-order valence-electron chi connectivity index (χ0n) is 11.0. The van der Waals surface area contributed by atoms with Crippen LogP contribution < -0.4 is 0 Å². The minimum Gasteiger partial charge on any atom is -0.465 e. The average molecular weight is 276 g/mol. The van der Waals surface area contributed by atoms with E-state index in [4.69, 9.17) is 4.74 Å². The van der Waals surface area contributed by atoms with Gasteiger partial charge in [0, 0.05) is 36.7 Å². The summed E-state index contributed by atoms with van der Waals surface area (Å²) < 4.78 is 7.49. The van der Waals surface area contributed by atoms with Crippen LogP contribution >= 0.6 is 11.8 Å². The Hall–Kier alpha value is -1.49. The molecule has 0 bridgehead atoms. The Morgan fingerprint density at radius 1 is 1.63 bits per heavy atom. The summed E-state index contributed by atoms with van der Waals surface area (Å²) >= 11 is 1.66. The maximum Gasteiger partial charge on any atom is 0.302 e. The first-order chi connectivity index (χ1) is 9.20. The van der Waals surface area contributed by atoms with Crippen LogP contribution in [-0.2, 0) is 16.1 Å². The molecule has 3 rings (SSSR count). The predicted molar refractivity (Wildman–Crippen MR) is 75.5 cm³/mol. The first-order valence-corrected chi connectivity index (χ1v) is 7.58. The van der Waals surface area contributed by atoms with Crippen molar-refractivity contribution in [2.45, 2.75) is 30.8 Å². The molecule has 100 valence electrons. The van der Waals surface area contributed by atoms with Crippen molar-refractivity contribution in [3.8, 4) is 0 Å². The van der Waals surface area contributed by atoms with Gasteiger partial charge in [0.2, 0.25) is 0 Å². The molecule has 5 heteroatoms. The van der Waals surface area contributed by atoms with E-state index in [0.717, 1.165) is 18.0 Å². The highest BCUT2D eigenvalue weighted by Crippen LogP contribution is 2.36. The lowest BCUT2D eigenvalue weighted by molar-refractivity contribution is -0.141. The number of hydrogen-bond donors (Lipinski definition) is 0. The molecule has 0 aromatic carbocycles. The van der Waals surface area contributed by atoms with Crippen LogP contribution in [0.3, 0.4) is 0 Å². The molecule has 4 nitrogen and oxygen atoms in total. The maximum atomic E-state index is 10.9. The number of aromatic nitrogens is 2. The Kier molecular flexibility index (Phi) is 3.22. The normalized spacial score (nSPS) is 17.7. The molecule has 0 fully saturated rings. The third-order valence-corrected chi connectivity index (χ3v) is 4.34. The lowest BCUT2D eigenvalue weighted by atomic mass is 10.1. The summed E-state index contributed by atoms with van der Waals surface area (Å²) in [6.07, 6.45) is 4.94. The maximum absolute atomic E-state index is 10.9. The molecule has 3 heterocycles. The predicted octanol–water partition coefficient (Wildman–Crippen LogP) is 2.81. The molecule has 0 saturated carbocycles. The van der Waals surface area contributed by atoms with Crippen molar-refractivity contribution in [2.24, 2.45) is 0 Å². The van der Waals surface area contributed by atoms with E-state index in [9.17, 15) is 4.79 Å². The number of hydrogen-bond acceptors (Lipinski definition) is 4. The number of thioether (sulfide) groups is 1. The number of carbonyl (C=O) groups excluding carboxylic acids is 1. The summed E-state index contributed by atoms with van der Waals surface area (Å²) in [5.74, 6) is 0.104. The molecular formula is C14H16N2O2S. The van der Waals surface area contributed by atoms with Gasteiger partial charge in [-0.25, -0.2) is 4.98 Å². The number of aryl methyl sites for hydroxylation is 1. The third kappa shape index (κ3) is 2.12. The summed E-state index contributed by atoms with van der Waals surface area (Å²) in [5, 5.41) is 2.27. The summed E-state index contributed by atoms with van der Waals surface area (Å²) in [7, 11) is 0. The smallest absolute Gasteiger partial charge is 0.302 e. The molecule has 0 N–H and O–H groups in total.